The molecule has 0 spiro atoms. The molecule has 1 saturated carbocycles. The second kappa shape index (κ2) is 6.43. The number of nitro benzene ring substituents is 1. The lowest BCUT2D eigenvalue weighted by atomic mass is 10.2. The number of non-ortho nitro benzene ring substituents is 1. The molecule has 0 saturated heterocycles. The van der Waals surface area contributed by atoms with E-state index in [2.05, 4.69) is 10.6 Å². The number of anilines is 1. The Bertz CT molecular complexity index is 541. The summed E-state index contributed by atoms with van der Waals surface area (Å²) in [6.07, 6.45) is 1.96. The maximum Gasteiger partial charge on any atom is 0.275 e. The molecule has 0 atom stereocenters. The lowest BCUT2D eigenvalue weighted by molar-refractivity contribution is -0.384. The van der Waals surface area contributed by atoms with Crippen molar-refractivity contribution in [3.63, 3.8) is 0 Å². The number of ether oxygens (including phenoxy) is 1. The topological polar surface area (TPSA) is 93.5 Å². The summed E-state index contributed by atoms with van der Waals surface area (Å²) in [5.74, 6) is 0.291. The minimum Gasteiger partial charge on any atom is -0.491 e. The van der Waals surface area contributed by atoms with E-state index in [1.165, 1.54) is 12.1 Å². The molecular weight excluding hydrogens is 274 g/mol. The molecule has 1 aromatic carbocycles. The molecule has 1 aliphatic carbocycles. The van der Waals surface area contributed by atoms with Gasteiger partial charge in [0.1, 0.15) is 5.75 Å². The van der Waals surface area contributed by atoms with Crippen molar-refractivity contribution in [3.05, 3.63) is 28.3 Å². The van der Waals surface area contributed by atoms with Gasteiger partial charge in [0.15, 0.2) is 0 Å². The molecule has 0 bridgehead atoms. The third kappa shape index (κ3) is 4.94. The zero-order chi connectivity index (χ0) is 15.4. The molecule has 0 radical (unpaired) electrons. The Hall–Kier alpha value is -2.31. The summed E-state index contributed by atoms with van der Waals surface area (Å²) in [7, 11) is 0. The highest BCUT2D eigenvalue weighted by Gasteiger charge is 2.23. The number of nitro groups is 1. The van der Waals surface area contributed by atoms with Crippen LogP contribution in [0, 0.1) is 10.1 Å². The highest BCUT2D eigenvalue weighted by atomic mass is 16.6. The first-order valence-corrected chi connectivity index (χ1v) is 6.93. The first-order valence-electron chi connectivity index (χ1n) is 6.93. The zero-order valence-electron chi connectivity index (χ0n) is 12.1. The van der Waals surface area contributed by atoms with Gasteiger partial charge in [0, 0.05) is 23.9 Å². The van der Waals surface area contributed by atoms with E-state index in [0.29, 0.717) is 17.5 Å². The monoisotopic (exact) mass is 293 g/mol. The Kier molecular flexibility index (Phi) is 4.62. The number of benzene rings is 1. The minimum atomic E-state index is -0.483. The first kappa shape index (κ1) is 15.1. The highest BCUT2D eigenvalue weighted by molar-refractivity contribution is 5.81. The summed E-state index contributed by atoms with van der Waals surface area (Å²) < 4.78 is 5.48. The molecule has 1 aliphatic rings. The fraction of sp³-hybridized carbons (Fsp3) is 0.500. The van der Waals surface area contributed by atoms with E-state index in [4.69, 9.17) is 4.74 Å². The van der Waals surface area contributed by atoms with Crippen molar-refractivity contribution in [1.82, 2.24) is 5.32 Å². The molecule has 2 N–H and O–H groups in total. The molecule has 114 valence electrons. The fourth-order valence-electron chi connectivity index (χ4n) is 1.82. The van der Waals surface area contributed by atoms with Gasteiger partial charge in [-0.3, -0.25) is 14.9 Å². The normalized spacial score (nSPS) is 13.9. The molecule has 1 amide bonds. The summed E-state index contributed by atoms with van der Waals surface area (Å²) in [5, 5.41) is 16.7. The van der Waals surface area contributed by atoms with Crippen LogP contribution in [0.15, 0.2) is 18.2 Å². The summed E-state index contributed by atoms with van der Waals surface area (Å²) in [5.41, 5.74) is 0.420. The molecule has 1 fully saturated rings. The van der Waals surface area contributed by atoms with Crippen molar-refractivity contribution in [3.8, 4) is 5.75 Å². The molecule has 2 rings (SSSR count). The highest BCUT2D eigenvalue weighted by Crippen LogP contribution is 2.26. The smallest absolute Gasteiger partial charge is 0.275 e. The molecule has 1 aromatic rings. The third-order valence-corrected chi connectivity index (χ3v) is 2.87. The van der Waals surface area contributed by atoms with Gasteiger partial charge in [0.05, 0.1) is 23.6 Å². The number of rotatable bonds is 7. The van der Waals surface area contributed by atoms with Gasteiger partial charge in [0.2, 0.25) is 5.91 Å². The summed E-state index contributed by atoms with van der Waals surface area (Å²) in [4.78, 5) is 22.1. The van der Waals surface area contributed by atoms with Crippen LogP contribution in [-0.4, -0.2) is 29.5 Å². The zero-order valence-corrected chi connectivity index (χ0v) is 12.1. The number of carbonyl (C=O) groups excluding carboxylic acids is 1. The number of hydrogen-bond acceptors (Lipinski definition) is 5. The van der Waals surface area contributed by atoms with Gasteiger partial charge in [-0.05, 0) is 26.7 Å². The molecule has 7 heteroatoms. The van der Waals surface area contributed by atoms with Crippen LogP contribution in [0.1, 0.15) is 26.7 Å². The standard InChI is InChI=1S/C14H19N3O4/c1-9(2)21-13-6-11(5-12(7-13)17(19)20)15-8-14(18)16-10-3-4-10/h5-7,9-10,15H,3-4,8H2,1-2H3,(H,16,18). The predicted octanol–water partition coefficient (Wildman–Crippen LogP) is 2.07. The van der Waals surface area contributed by atoms with Crippen LogP contribution >= 0.6 is 0 Å². The summed E-state index contributed by atoms with van der Waals surface area (Å²) in [6, 6.07) is 4.70. The summed E-state index contributed by atoms with van der Waals surface area (Å²) >= 11 is 0. The number of hydrogen-bond donors (Lipinski definition) is 2. The van der Waals surface area contributed by atoms with E-state index < -0.39 is 4.92 Å². The van der Waals surface area contributed by atoms with Gasteiger partial charge in [-0.25, -0.2) is 0 Å². The molecule has 7 nitrogen and oxygen atoms in total. The van der Waals surface area contributed by atoms with Crippen molar-refractivity contribution < 1.29 is 14.5 Å². The Morgan fingerprint density at radius 1 is 1.43 bits per heavy atom. The van der Waals surface area contributed by atoms with Gasteiger partial charge >= 0.3 is 0 Å². The molecule has 0 unspecified atom stereocenters. The van der Waals surface area contributed by atoms with E-state index >= 15 is 0 Å². The first-order chi connectivity index (χ1) is 9.94. The van der Waals surface area contributed by atoms with Crippen molar-refractivity contribution >= 4 is 17.3 Å². The Morgan fingerprint density at radius 2 is 2.14 bits per heavy atom. The van der Waals surface area contributed by atoms with Crippen LogP contribution in [0.3, 0.4) is 0 Å². The van der Waals surface area contributed by atoms with Gasteiger partial charge < -0.3 is 15.4 Å². The maximum atomic E-state index is 11.6. The van der Waals surface area contributed by atoms with Gasteiger partial charge in [-0.15, -0.1) is 0 Å². The van der Waals surface area contributed by atoms with Gasteiger partial charge in [0.25, 0.3) is 5.69 Å². The van der Waals surface area contributed by atoms with Crippen molar-refractivity contribution in [2.24, 2.45) is 0 Å². The average molecular weight is 293 g/mol. The number of carbonyl (C=O) groups is 1. The Morgan fingerprint density at radius 3 is 2.71 bits per heavy atom. The average Bonchev–Trinajstić information content (AvgIpc) is 3.19. The Labute approximate surface area is 122 Å². The van der Waals surface area contributed by atoms with Crippen LogP contribution in [0.2, 0.25) is 0 Å². The Balaban J connectivity index is 2.03. The van der Waals surface area contributed by atoms with Crippen LogP contribution < -0.4 is 15.4 Å². The van der Waals surface area contributed by atoms with Crippen molar-refractivity contribution in [2.75, 3.05) is 11.9 Å². The van der Waals surface area contributed by atoms with Crippen LogP contribution in [0.4, 0.5) is 11.4 Å². The summed E-state index contributed by atoms with van der Waals surface area (Å²) in [6.45, 7) is 3.77. The molecule has 0 aliphatic heterocycles. The van der Waals surface area contributed by atoms with E-state index in [-0.39, 0.29) is 24.2 Å². The van der Waals surface area contributed by atoms with Crippen LogP contribution in [-0.2, 0) is 4.79 Å². The molecule has 0 heterocycles. The largest absolute Gasteiger partial charge is 0.491 e. The SMILES string of the molecule is CC(C)Oc1cc(NCC(=O)NC2CC2)cc([N+](=O)[O-])c1. The van der Waals surface area contributed by atoms with E-state index in [1.807, 2.05) is 13.8 Å². The number of nitrogens with one attached hydrogen (secondary N) is 2. The third-order valence-electron chi connectivity index (χ3n) is 2.87. The van der Waals surface area contributed by atoms with Crippen molar-refractivity contribution in [2.45, 2.75) is 38.8 Å². The van der Waals surface area contributed by atoms with Crippen molar-refractivity contribution in [1.29, 1.82) is 0 Å². The maximum absolute atomic E-state index is 11.6. The van der Waals surface area contributed by atoms with E-state index in [9.17, 15) is 14.9 Å². The van der Waals surface area contributed by atoms with Gasteiger partial charge in [-0.1, -0.05) is 0 Å². The van der Waals surface area contributed by atoms with Gasteiger partial charge in [-0.2, -0.15) is 0 Å². The molecular formula is C14H19N3O4. The lowest BCUT2D eigenvalue weighted by Crippen LogP contribution is -2.31. The van der Waals surface area contributed by atoms with E-state index in [1.54, 1.807) is 6.07 Å². The number of amides is 1. The molecule has 0 aromatic heterocycles. The predicted molar refractivity (Wildman–Crippen MR) is 78.5 cm³/mol. The number of nitrogens with zero attached hydrogens (tertiary/aromatic N) is 1. The minimum absolute atomic E-state index is 0.0711. The molecule has 21 heavy (non-hydrogen) atoms. The fourth-order valence-corrected chi connectivity index (χ4v) is 1.82. The quantitative estimate of drug-likeness (QED) is 0.593. The lowest BCUT2D eigenvalue weighted by Gasteiger charge is -2.12. The van der Waals surface area contributed by atoms with E-state index in [0.717, 1.165) is 12.8 Å². The second-order valence-electron chi connectivity index (χ2n) is 5.33. The second-order valence-corrected chi connectivity index (χ2v) is 5.33. The van der Waals surface area contributed by atoms with Crippen LogP contribution in [0.25, 0.3) is 0 Å². The van der Waals surface area contributed by atoms with Crippen LogP contribution in [0.5, 0.6) is 5.75 Å².